The monoisotopic (exact) mass is 324 g/mol. The summed E-state index contributed by atoms with van der Waals surface area (Å²) in [5.41, 5.74) is 2.16. The van der Waals surface area contributed by atoms with Gasteiger partial charge in [-0.1, -0.05) is 48.5 Å². The first kappa shape index (κ1) is 15.2. The van der Waals surface area contributed by atoms with Gasteiger partial charge in [-0.15, -0.1) is 0 Å². The largest absolute Gasteiger partial charge is 0.305 e. The number of anilines is 3. The van der Waals surface area contributed by atoms with Gasteiger partial charge in [0, 0.05) is 24.1 Å². The molecule has 0 bridgehead atoms. The second kappa shape index (κ2) is 7.02. The fourth-order valence-electron chi connectivity index (χ4n) is 2.18. The quantitative estimate of drug-likeness (QED) is 0.775. The van der Waals surface area contributed by atoms with Crippen molar-refractivity contribution in [2.45, 2.75) is 13.5 Å². The van der Waals surface area contributed by atoms with Gasteiger partial charge in [-0.3, -0.25) is 4.79 Å². The summed E-state index contributed by atoms with van der Waals surface area (Å²) in [4.78, 5) is 17.6. The summed E-state index contributed by atoms with van der Waals surface area (Å²) in [6, 6.07) is 20.1. The summed E-state index contributed by atoms with van der Waals surface area (Å²) in [7, 11) is 0. The van der Waals surface area contributed by atoms with E-state index >= 15 is 0 Å². The fraction of sp³-hybridized carbons (Fsp3) is 0.118. The number of hydrogen-bond acceptors (Lipinski definition) is 5. The molecule has 0 atom stereocenters. The zero-order chi connectivity index (χ0) is 16.1. The minimum atomic E-state index is -0.151. The van der Waals surface area contributed by atoms with Crippen LogP contribution in [0.25, 0.3) is 0 Å². The van der Waals surface area contributed by atoms with Gasteiger partial charge in [0.05, 0.1) is 6.54 Å². The summed E-state index contributed by atoms with van der Waals surface area (Å²) in [5, 5.41) is 3.18. The second-order valence-electron chi connectivity index (χ2n) is 4.99. The number of carbonyl (C=O) groups excluding carboxylic acids is 1. The van der Waals surface area contributed by atoms with Gasteiger partial charge in [0.25, 0.3) is 0 Å². The first-order chi connectivity index (χ1) is 11.2. The minimum Gasteiger partial charge on any atom is -0.305 e. The summed E-state index contributed by atoms with van der Waals surface area (Å²) in [6.45, 7) is 2.11. The molecule has 0 unspecified atom stereocenters. The summed E-state index contributed by atoms with van der Waals surface area (Å²) in [5.74, 6) is 0.427. The molecule has 1 heterocycles. The number of aromatic nitrogens is 2. The van der Waals surface area contributed by atoms with Gasteiger partial charge in [-0.05, 0) is 17.7 Å². The number of para-hydroxylation sites is 1. The van der Waals surface area contributed by atoms with Crippen LogP contribution in [-0.2, 0) is 11.3 Å². The summed E-state index contributed by atoms with van der Waals surface area (Å²) < 4.78 is 4.38. The standard InChI is InChI=1S/C17H16N4OS/c1-13(22)18-17-19-16(20-23-17)21(15-10-6-3-7-11-15)12-14-8-4-2-5-9-14/h2-11H,12H2,1H3,(H,18,19,20,22). The Morgan fingerprint density at radius 1 is 1.09 bits per heavy atom. The van der Waals surface area contributed by atoms with E-state index in [1.165, 1.54) is 18.5 Å². The first-order valence-corrected chi connectivity index (χ1v) is 7.97. The van der Waals surface area contributed by atoms with Crippen LogP contribution < -0.4 is 10.2 Å². The van der Waals surface area contributed by atoms with Crippen molar-refractivity contribution in [1.82, 2.24) is 9.36 Å². The zero-order valence-corrected chi connectivity index (χ0v) is 13.5. The van der Waals surface area contributed by atoms with Crippen LogP contribution in [0.5, 0.6) is 0 Å². The highest BCUT2D eigenvalue weighted by molar-refractivity contribution is 7.10. The highest BCUT2D eigenvalue weighted by Crippen LogP contribution is 2.27. The zero-order valence-electron chi connectivity index (χ0n) is 12.6. The van der Waals surface area contributed by atoms with E-state index in [-0.39, 0.29) is 5.91 Å². The molecule has 0 saturated heterocycles. The van der Waals surface area contributed by atoms with E-state index in [2.05, 4.69) is 26.8 Å². The van der Waals surface area contributed by atoms with E-state index in [1.807, 2.05) is 53.4 Å². The number of amides is 1. The van der Waals surface area contributed by atoms with E-state index < -0.39 is 0 Å². The third-order valence-electron chi connectivity index (χ3n) is 3.19. The average molecular weight is 324 g/mol. The Morgan fingerprint density at radius 2 is 1.74 bits per heavy atom. The van der Waals surface area contributed by atoms with Crippen LogP contribution in [0.15, 0.2) is 60.7 Å². The molecule has 1 aromatic heterocycles. The maximum Gasteiger partial charge on any atom is 0.243 e. The van der Waals surface area contributed by atoms with E-state index in [1.54, 1.807) is 0 Å². The van der Waals surface area contributed by atoms with Crippen LogP contribution in [0.3, 0.4) is 0 Å². The van der Waals surface area contributed by atoms with Crippen LogP contribution in [0.4, 0.5) is 16.8 Å². The Bertz CT molecular complexity index is 774. The smallest absolute Gasteiger partial charge is 0.243 e. The predicted molar refractivity (Wildman–Crippen MR) is 92.9 cm³/mol. The van der Waals surface area contributed by atoms with Gasteiger partial charge in [0.2, 0.25) is 17.0 Å². The second-order valence-corrected chi connectivity index (χ2v) is 5.74. The molecule has 3 rings (SSSR count). The molecule has 6 heteroatoms. The van der Waals surface area contributed by atoms with Gasteiger partial charge in [-0.2, -0.15) is 9.36 Å². The molecule has 116 valence electrons. The third kappa shape index (κ3) is 3.92. The molecule has 0 saturated carbocycles. The van der Waals surface area contributed by atoms with E-state index in [9.17, 15) is 4.79 Å². The Hall–Kier alpha value is -2.73. The summed E-state index contributed by atoms with van der Waals surface area (Å²) in [6.07, 6.45) is 0. The SMILES string of the molecule is CC(=O)Nc1nc(N(Cc2ccccc2)c2ccccc2)ns1. The molecule has 0 aliphatic rings. The Balaban J connectivity index is 1.92. The third-order valence-corrected chi connectivity index (χ3v) is 3.81. The average Bonchev–Trinajstić information content (AvgIpc) is 3.02. The molecular weight excluding hydrogens is 308 g/mol. The number of nitrogens with zero attached hydrogens (tertiary/aromatic N) is 3. The van der Waals surface area contributed by atoms with Crippen molar-refractivity contribution in [1.29, 1.82) is 0 Å². The molecule has 1 amide bonds. The van der Waals surface area contributed by atoms with Crippen molar-refractivity contribution in [2.24, 2.45) is 0 Å². The van der Waals surface area contributed by atoms with Gasteiger partial charge in [0.15, 0.2) is 0 Å². The van der Waals surface area contributed by atoms with Crippen LogP contribution in [0.1, 0.15) is 12.5 Å². The lowest BCUT2D eigenvalue weighted by Crippen LogP contribution is -2.17. The molecule has 1 N–H and O–H groups in total. The Kier molecular flexibility index (Phi) is 4.63. The lowest BCUT2D eigenvalue weighted by Gasteiger charge is -2.21. The van der Waals surface area contributed by atoms with Crippen LogP contribution in [0.2, 0.25) is 0 Å². The van der Waals surface area contributed by atoms with Gasteiger partial charge >= 0.3 is 0 Å². The van der Waals surface area contributed by atoms with Crippen LogP contribution in [-0.4, -0.2) is 15.3 Å². The molecule has 23 heavy (non-hydrogen) atoms. The van der Waals surface area contributed by atoms with Crippen molar-refractivity contribution in [3.05, 3.63) is 66.2 Å². The number of rotatable bonds is 5. The van der Waals surface area contributed by atoms with Crippen molar-refractivity contribution >= 4 is 34.2 Å². The lowest BCUT2D eigenvalue weighted by molar-refractivity contribution is -0.114. The maximum atomic E-state index is 11.2. The number of nitrogens with one attached hydrogen (secondary N) is 1. The molecule has 0 fully saturated rings. The normalized spacial score (nSPS) is 10.3. The molecular formula is C17H16N4OS. The minimum absolute atomic E-state index is 0.151. The number of carbonyl (C=O) groups is 1. The Labute approximate surface area is 138 Å². The maximum absolute atomic E-state index is 11.2. The predicted octanol–water partition coefficient (Wildman–Crippen LogP) is 3.83. The molecule has 0 radical (unpaired) electrons. The molecule has 0 aliphatic carbocycles. The molecule has 3 aromatic rings. The van der Waals surface area contributed by atoms with Crippen LogP contribution >= 0.6 is 11.5 Å². The van der Waals surface area contributed by atoms with Gasteiger partial charge < -0.3 is 10.2 Å². The fourth-order valence-corrected chi connectivity index (χ4v) is 2.80. The van der Waals surface area contributed by atoms with E-state index in [4.69, 9.17) is 0 Å². The highest BCUT2D eigenvalue weighted by Gasteiger charge is 2.15. The van der Waals surface area contributed by atoms with Crippen molar-refractivity contribution < 1.29 is 4.79 Å². The molecule has 5 nitrogen and oxygen atoms in total. The summed E-state index contributed by atoms with van der Waals surface area (Å²) >= 11 is 1.18. The van der Waals surface area contributed by atoms with Gasteiger partial charge in [-0.25, -0.2) is 0 Å². The van der Waals surface area contributed by atoms with Crippen molar-refractivity contribution in [3.8, 4) is 0 Å². The topological polar surface area (TPSA) is 58.1 Å². The van der Waals surface area contributed by atoms with E-state index in [0.717, 1.165) is 11.3 Å². The van der Waals surface area contributed by atoms with Crippen molar-refractivity contribution in [3.63, 3.8) is 0 Å². The molecule has 2 aromatic carbocycles. The first-order valence-electron chi connectivity index (χ1n) is 7.20. The van der Waals surface area contributed by atoms with Crippen molar-refractivity contribution in [2.75, 3.05) is 10.2 Å². The lowest BCUT2D eigenvalue weighted by atomic mass is 10.2. The van der Waals surface area contributed by atoms with Gasteiger partial charge in [0.1, 0.15) is 0 Å². The number of hydrogen-bond donors (Lipinski definition) is 1. The molecule has 0 aliphatic heterocycles. The Morgan fingerprint density at radius 3 is 2.39 bits per heavy atom. The molecule has 0 spiro atoms. The van der Waals surface area contributed by atoms with Crippen LogP contribution in [0, 0.1) is 0 Å². The highest BCUT2D eigenvalue weighted by atomic mass is 32.1. The van der Waals surface area contributed by atoms with E-state index in [0.29, 0.717) is 17.6 Å². The number of benzene rings is 2.